The molecule has 0 radical (unpaired) electrons. The van der Waals surface area contributed by atoms with Gasteiger partial charge >= 0.3 is 11.8 Å². The van der Waals surface area contributed by atoms with E-state index in [1.165, 1.54) is 6.21 Å². The first kappa shape index (κ1) is 27.8. The summed E-state index contributed by atoms with van der Waals surface area (Å²) < 4.78 is 12.3. The SMILES string of the molecule is CCOc1cc(/C=N\NC(=O)C(=O)N[C@@H](C)CC)ccc1OCC(=O)Nc1c(C)cc(Br)cc1C. The molecule has 3 amide bonds. The molecule has 10 heteroatoms. The molecule has 0 spiro atoms. The van der Waals surface area contributed by atoms with Gasteiger partial charge < -0.3 is 20.1 Å². The second-order valence-electron chi connectivity index (χ2n) is 7.87. The van der Waals surface area contributed by atoms with Crippen LogP contribution in [0, 0.1) is 13.8 Å². The summed E-state index contributed by atoms with van der Waals surface area (Å²) in [4.78, 5) is 36.1. The molecule has 0 heterocycles. The standard InChI is InChI=1S/C25H31BrN4O5/c1-6-17(5)28-24(32)25(33)30-27-13-18-8-9-20(21(12-18)34-7-2)35-14-22(31)29-23-15(3)10-19(26)11-16(23)4/h8-13,17H,6-7,14H2,1-5H3,(H,28,32)(H,29,31)(H,30,33)/b27-13-/t17-/m0/s1. The number of nitrogens with one attached hydrogen (secondary N) is 3. The molecule has 0 unspecified atom stereocenters. The second kappa shape index (κ2) is 13.5. The molecular weight excluding hydrogens is 516 g/mol. The van der Waals surface area contributed by atoms with Crippen molar-refractivity contribution in [3.8, 4) is 11.5 Å². The molecule has 0 aromatic heterocycles. The number of aryl methyl sites for hydroxylation is 2. The van der Waals surface area contributed by atoms with E-state index in [0.29, 0.717) is 30.1 Å². The Bertz CT molecular complexity index is 1080. The Balaban J connectivity index is 2.00. The topological polar surface area (TPSA) is 118 Å². The lowest BCUT2D eigenvalue weighted by molar-refractivity contribution is -0.139. The third-order valence-corrected chi connectivity index (χ3v) is 5.42. The molecule has 0 fully saturated rings. The number of carbonyl (C=O) groups is 3. The maximum absolute atomic E-state index is 12.5. The van der Waals surface area contributed by atoms with Crippen LogP contribution in [-0.2, 0) is 14.4 Å². The van der Waals surface area contributed by atoms with E-state index in [9.17, 15) is 14.4 Å². The lowest BCUT2D eigenvalue weighted by atomic mass is 10.1. The Kier molecular flexibility index (Phi) is 10.7. The number of amides is 3. The highest BCUT2D eigenvalue weighted by Crippen LogP contribution is 2.29. The van der Waals surface area contributed by atoms with Crippen molar-refractivity contribution in [2.75, 3.05) is 18.5 Å². The zero-order chi connectivity index (χ0) is 26.0. The Hall–Kier alpha value is -3.40. The molecule has 188 valence electrons. The highest BCUT2D eigenvalue weighted by molar-refractivity contribution is 9.10. The van der Waals surface area contributed by atoms with E-state index in [2.05, 4.69) is 37.1 Å². The summed E-state index contributed by atoms with van der Waals surface area (Å²) in [5, 5.41) is 9.27. The molecule has 2 aromatic carbocycles. The van der Waals surface area contributed by atoms with Gasteiger partial charge in [-0.1, -0.05) is 22.9 Å². The minimum Gasteiger partial charge on any atom is -0.490 e. The number of rotatable bonds is 10. The van der Waals surface area contributed by atoms with Crippen molar-refractivity contribution in [1.29, 1.82) is 0 Å². The number of ether oxygens (including phenoxy) is 2. The first-order valence-electron chi connectivity index (χ1n) is 11.2. The Morgan fingerprint density at radius 2 is 1.71 bits per heavy atom. The molecule has 2 rings (SSSR count). The van der Waals surface area contributed by atoms with Crippen LogP contribution in [0.15, 0.2) is 39.9 Å². The molecule has 0 bridgehead atoms. The second-order valence-corrected chi connectivity index (χ2v) is 8.79. The van der Waals surface area contributed by atoms with Gasteiger partial charge in [-0.3, -0.25) is 14.4 Å². The molecular formula is C25H31BrN4O5. The average Bonchev–Trinajstić information content (AvgIpc) is 2.80. The van der Waals surface area contributed by atoms with E-state index in [4.69, 9.17) is 9.47 Å². The summed E-state index contributed by atoms with van der Waals surface area (Å²) >= 11 is 3.44. The van der Waals surface area contributed by atoms with Crippen molar-refractivity contribution >= 4 is 45.6 Å². The molecule has 1 atom stereocenters. The van der Waals surface area contributed by atoms with Crippen LogP contribution in [0.1, 0.15) is 43.9 Å². The van der Waals surface area contributed by atoms with Crippen molar-refractivity contribution in [1.82, 2.24) is 10.7 Å². The predicted molar refractivity (Wildman–Crippen MR) is 139 cm³/mol. The fourth-order valence-electron chi connectivity index (χ4n) is 3.03. The van der Waals surface area contributed by atoms with Crippen LogP contribution in [0.3, 0.4) is 0 Å². The summed E-state index contributed by atoms with van der Waals surface area (Å²) in [5.74, 6) is -1.10. The van der Waals surface area contributed by atoms with Gasteiger partial charge in [0.05, 0.1) is 12.8 Å². The molecule has 9 nitrogen and oxygen atoms in total. The summed E-state index contributed by atoms with van der Waals surface area (Å²) in [6, 6.07) is 8.74. The van der Waals surface area contributed by atoms with E-state index in [1.54, 1.807) is 25.1 Å². The monoisotopic (exact) mass is 546 g/mol. The third kappa shape index (κ3) is 8.71. The summed E-state index contributed by atoms with van der Waals surface area (Å²) in [5.41, 5.74) is 5.42. The van der Waals surface area contributed by atoms with Gasteiger partial charge in [0.1, 0.15) is 0 Å². The van der Waals surface area contributed by atoms with Crippen LogP contribution in [-0.4, -0.2) is 43.2 Å². The Labute approximate surface area is 213 Å². The van der Waals surface area contributed by atoms with E-state index >= 15 is 0 Å². The molecule has 0 saturated carbocycles. The van der Waals surface area contributed by atoms with Gasteiger partial charge in [-0.05, 0) is 81.1 Å². The van der Waals surface area contributed by atoms with Crippen molar-refractivity contribution in [2.24, 2.45) is 5.10 Å². The van der Waals surface area contributed by atoms with Crippen LogP contribution >= 0.6 is 15.9 Å². The number of hydrazone groups is 1. The van der Waals surface area contributed by atoms with Crippen molar-refractivity contribution < 1.29 is 23.9 Å². The van der Waals surface area contributed by atoms with Crippen molar-refractivity contribution in [3.05, 3.63) is 51.5 Å². The van der Waals surface area contributed by atoms with Gasteiger partial charge in [-0.2, -0.15) is 5.10 Å². The lowest BCUT2D eigenvalue weighted by Gasteiger charge is -2.14. The molecule has 2 aromatic rings. The molecule has 35 heavy (non-hydrogen) atoms. The minimum atomic E-state index is -0.853. The number of anilines is 1. The smallest absolute Gasteiger partial charge is 0.329 e. The first-order chi connectivity index (χ1) is 16.6. The summed E-state index contributed by atoms with van der Waals surface area (Å²) in [6.07, 6.45) is 2.09. The number of carbonyl (C=O) groups excluding carboxylic acids is 3. The largest absolute Gasteiger partial charge is 0.490 e. The number of nitrogens with zero attached hydrogens (tertiary/aromatic N) is 1. The van der Waals surface area contributed by atoms with Crippen LogP contribution in [0.5, 0.6) is 11.5 Å². The van der Waals surface area contributed by atoms with Gasteiger partial charge in [-0.25, -0.2) is 5.43 Å². The molecule has 0 aliphatic heterocycles. The molecule has 0 aliphatic rings. The van der Waals surface area contributed by atoms with Crippen molar-refractivity contribution in [3.63, 3.8) is 0 Å². The number of halogens is 1. The Morgan fingerprint density at radius 3 is 2.34 bits per heavy atom. The Morgan fingerprint density at radius 1 is 1.03 bits per heavy atom. The van der Waals surface area contributed by atoms with E-state index in [-0.39, 0.29) is 18.6 Å². The highest BCUT2D eigenvalue weighted by Gasteiger charge is 2.15. The van der Waals surface area contributed by atoms with Crippen LogP contribution < -0.4 is 25.5 Å². The predicted octanol–water partition coefficient (Wildman–Crippen LogP) is 3.85. The van der Waals surface area contributed by atoms with E-state index in [1.807, 2.05) is 39.8 Å². The van der Waals surface area contributed by atoms with Crippen molar-refractivity contribution in [2.45, 2.75) is 47.1 Å². The number of hydrogen-bond donors (Lipinski definition) is 3. The van der Waals surface area contributed by atoms with Gasteiger partial charge in [-0.15, -0.1) is 0 Å². The molecule has 0 saturated heterocycles. The maximum atomic E-state index is 12.5. The van der Waals surface area contributed by atoms with E-state index < -0.39 is 11.8 Å². The van der Waals surface area contributed by atoms with Gasteiger partial charge in [0.2, 0.25) is 0 Å². The molecule has 0 aliphatic carbocycles. The van der Waals surface area contributed by atoms with Gasteiger partial charge in [0.15, 0.2) is 18.1 Å². The third-order valence-electron chi connectivity index (χ3n) is 4.96. The van der Waals surface area contributed by atoms with Gasteiger partial charge in [0, 0.05) is 16.2 Å². The first-order valence-corrected chi connectivity index (χ1v) is 12.0. The van der Waals surface area contributed by atoms with Crippen LogP contribution in [0.4, 0.5) is 5.69 Å². The fourth-order valence-corrected chi connectivity index (χ4v) is 3.71. The van der Waals surface area contributed by atoms with Crippen LogP contribution in [0.25, 0.3) is 0 Å². The fraction of sp³-hybridized carbons (Fsp3) is 0.360. The van der Waals surface area contributed by atoms with Crippen LogP contribution in [0.2, 0.25) is 0 Å². The summed E-state index contributed by atoms with van der Waals surface area (Å²) in [6.45, 7) is 9.55. The quantitative estimate of drug-likeness (QED) is 0.237. The lowest BCUT2D eigenvalue weighted by Crippen LogP contribution is -2.41. The van der Waals surface area contributed by atoms with Gasteiger partial charge in [0.25, 0.3) is 5.91 Å². The zero-order valence-corrected chi connectivity index (χ0v) is 22.1. The molecule has 3 N–H and O–H groups in total. The summed E-state index contributed by atoms with van der Waals surface area (Å²) in [7, 11) is 0. The normalized spacial score (nSPS) is 11.6. The zero-order valence-electron chi connectivity index (χ0n) is 20.5. The average molecular weight is 547 g/mol. The number of benzene rings is 2. The highest BCUT2D eigenvalue weighted by atomic mass is 79.9. The van der Waals surface area contributed by atoms with E-state index in [0.717, 1.165) is 21.3 Å². The number of hydrogen-bond acceptors (Lipinski definition) is 6. The minimum absolute atomic E-state index is 0.108. The maximum Gasteiger partial charge on any atom is 0.329 e.